The number of hydrogen-bond donors (Lipinski definition) is 4. The lowest BCUT2D eigenvalue weighted by Crippen LogP contribution is -2.37. The molecule has 0 bridgehead atoms. The number of nitrogens with one attached hydrogen (secondary N) is 2. The highest BCUT2D eigenvalue weighted by Crippen LogP contribution is 2.31. The van der Waals surface area contributed by atoms with Crippen LogP contribution in [0.3, 0.4) is 0 Å². The van der Waals surface area contributed by atoms with Crippen molar-refractivity contribution >= 4 is 23.3 Å². The molecule has 200 valence electrons. The van der Waals surface area contributed by atoms with Crippen LogP contribution in [-0.2, 0) is 17.6 Å². The van der Waals surface area contributed by atoms with Crippen LogP contribution in [0.15, 0.2) is 60.7 Å². The zero-order valence-electron chi connectivity index (χ0n) is 21.2. The van der Waals surface area contributed by atoms with E-state index >= 15 is 0 Å². The number of rotatable bonds is 9. The van der Waals surface area contributed by atoms with Crippen molar-refractivity contribution in [3.8, 4) is 11.5 Å². The van der Waals surface area contributed by atoms with Crippen LogP contribution in [0.2, 0.25) is 5.02 Å². The van der Waals surface area contributed by atoms with Crippen molar-refractivity contribution in [1.29, 1.82) is 0 Å². The van der Waals surface area contributed by atoms with Gasteiger partial charge in [0.15, 0.2) is 0 Å². The molecule has 0 spiro atoms. The Balaban J connectivity index is 1.24. The van der Waals surface area contributed by atoms with Gasteiger partial charge >= 0.3 is 5.97 Å². The van der Waals surface area contributed by atoms with Gasteiger partial charge in [0.2, 0.25) is 0 Å². The maximum absolute atomic E-state index is 11.8. The van der Waals surface area contributed by atoms with Gasteiger partial charge in [0.1, 0.15) is 11.5 Å². The van der Waals surface area contributed by atoms with Crippen LogP contribution in [-0.4, -0.2) is 48.0 Å². The van der Waals surface area contributed by atoms with Crippen LogP contribution >= 0.6 is 11.6 Å². The average molecular weight is 537 g/mol. The number of aliphatic hydroxyl groups is 1. The molecule has 0 amide bonds. The minimum absolute atomic E-state index is 0.179. The summed E-state index contributed by atoms with van der Waals surface area (Å²) in [6, 6.07) is 18.9. The summed E-state index contributed by atoms with van der Waals surface area (Å²) in [6.45, 7) is 1.86. The molecule has 5 rings (SSSR count). The molecule has 0 aromatic heterocycles. The molecule has 4 N–H and O–H groups in total. The standard InChI is InChI=1S/C30H33ClN2O5/c31-23-5-1-20(2-6-23)29(34)18-32-25-7-3-19-4-8-27(15-21(19)13-25)38-28-16-22(30(35)36)14-26(17-28)33-24-9-11-37-12-10-24/h1-2,4-6,8,14-17,24-25,29,32-34H,3,7,9-13,18H2,(H,35,36)/t25-,29-/m0/s1. The van der Waals surface area contributed by atoms with Crippen LogP contribution in [0.1, 0.15) is 52.4 Å². The van der Waals surface area contributed by atoms with Gasteiger partial charge in [-0.1, -0.05) is 29.8 Å². The highest BCUT2D eigenvalue weighted by molar-refractivity contribution is 6.30. The summed E-state index contributed by atoms with van der Waals surface area (Å²) in [5.74, 6) is 0.159. The number of hydrogen-bond acceptors (Lipinski definition) is 6. The third kappa shape index (κ3) is 6.85. The highest BCUT2D eigenvalue weighted by Gasteiger charge is 2.21. The van der Waals surface area contributed by atoms with Crippen molar-refractivity contribution in [3.63, 3.8) is 0 Å². The number of aliphatic hydroxyl groups excluding tert-OH is 1. The van der Waals surface area contributed by atoms with Gasteiger partial charge < -0.3 is 30.3 Å². The number of anilines is 1. The van der Waals surface area contributed by atoms with Gasteiger partial charge in [-0.2, -0.15) is 0 Å². The summed E-state index contributed by atoms with van der Waals surface area (Å²) >= 11 is 5.95. The second-order valence-corrected chi connectivity index (χ2v) is 10.5. The second kappa shape index (κ2) is 12.2. The molecule has 2 atom stereocenters. The predicted octanol–water partition coefficient (Wildman–Crippen LogP) is 5.60. The van der Waals surface area contributed by atoms with Gasteiger partial charge in [0, 0.05) is 48.6 Å². The van der Waals surface area contributed by atoms with Crippen LogP contribution in [0, 0.1) is 0 Å². The van der Waals surface area contributed by atoms with Gasteiger partial charge in [-0.3, -0.25) is 0 Å². The normalized spacial score (nSPS) is 18.4. The quantitative estimate of drug-likeness (QED) is 0.282. The fourth-order valence-electron chi connectivity index (χ4n) is 5.13. The molecule has 3 aromatic carbocycles. The van der Waals surface area contributed by atoms with E-state index in [1.165, 1.54) is 11.1 Å². The van der Waals surface area contributed by atoms with E-state index in [2.05, 4.69) is 16.7 Å². The molecule has 1 aliphatic heterocycles. The Labute approximate surface area is 227 Å². The third-order valence-electron chi connectivity index (χ3n) is 7.24. The monoisotopic (exact) mass is 536 g/mol. The molecular formula is C30H33ClN2O5. The largest absolute Gasteiger partial charge is 0.478 e. The van der Waals surface area contributed by atoms with Crippen LogP contribution in [0.4, 0.5) is 5.69 Å². The Kier molecular flexibility index (Phi) is 8.49. The fraction of sp³-hybridized carbons (Fsp3) is 0.367. The molecule has 0 unspecified atom stereocenters. The van der Waals surface area contributed by atoms with Crippen LogP contribution < -0.4 is 15.4 Å². The zero-order valence-corrected chi connectivity index (χ0v) is 21.9. The van der Waals surface area contributed by atoms with Gasteiger partial charge in [0.05, 0.1) is 11.7 Å². The van der Waals surface area contributed by atoms with Crippen molar-refractivity contribution in [1.82, 2.24) is 5.32 Å². The summed E-state index contributed by atoms with van der Waals surface area (Å²) in [5, 5.41) is 27.8. The number of benzene rings is 3. The maximum atomic E-state index is 11.8. The molecule has 3 aromatic rings. The Bertz CT molecular complexity index is 1260. The number of ether oxygens (including phenoxy) is 2. The molecule has 1 saturated heterocycles. The third-order valence-corrected chi connectivity index (χ3v) is 7.49. The molecular weight excluding hydrogens is 504 g/mol. The Hall–Kier alpha value is -3.10. The molecule has 7 nitrogen and oxygen atoms in total. The topological polar surface area (TPSA) is 100 Å². The smallest absolute Gasteiger partial charge is 0.335 e. The summed E-state index contributed by atoms with van der Waals surface area (Å²) in [4.78, 5) is 11.8. The lowest BCUT2D eigenvalue weighted by atomic mass is 9.88. The second-order valence-electron chi connectivity index (χ2n) is 10.0. The van der Waals surface area contributed by atoms with Gasteiger partial charge in [-0.15, -0.1) is 0 Å². The summed E-state index contributed by atoms with van der Waals surface area (Å²) in [6.07, 6.45) is 3.91. The van der Waals surface area contributed by atoms with Crippen molar-refractivity contribution in [2.24, 2.45) is 0 Å². The van der Waals surface area contributed by atoms with Crippen LogP contribution in [0.25, 0.3) is 0 Å². The maximum Gasteiger partial charge on any atom is 0.335 e. The molecule has 2 aliphatic rings. The first kappa shape index (κ1) is 26.5. The number of aryl methyl sites for hydroxylation is 1. The highest BCUT2D eigenvalue weighted by atomic mass is 35.5. The van der Waals surface area contributed by atoms with E-state index in [1.807, 2.05) is 30.3 Å². The van der Waals surface area contributed by atoms with Gasteiger partial charge in [0.25, 0.3) is 0 Å². The van der Waals surface area contributed by atoms with E-state index in [4.69, 9.17) is 21.1 Å². The van der Waals surface area contributed by atoms with Crippen molar-refractivity contribution < 1.29 is 24.5 Å². The Morgan fingerprint density at radius 3 is 2.53 bits per heavy atom. The minimum atomic E-state index is -0.995. The average Bonchev–Trinajstić information content (AvgIpc) is 2.92. The lowest BCUT2D eigenvalue weighted by Gasteiger charge is -2.27. The first-order chi connectivity index (χ1) is 18.4. The van der Waals surface area contributed by atoms with Gasteiger partial charge in [-0.05, 0) is 85.2 Å². The number of aromatic carboxylic acids is 1. The van der Waals surface area contributed by atoms with Crippen molar-refractivity contribution in [2.45, 2.75) is 50.3 Å². The minimum Gasteiger partial charge on any atom is -0.478 e. The summed E-state index contributed by atoms with van der Waals surface area (Å²) in [7, 11) is 0. The number of carboxylic acid groups (broad SMARTS) is 1. The first-order valence-corrected chi connectivity index (χ1v) is 13.5. The Morgan fingerprint density at radius 1 is 0.974 bits per heavy atom. The molecule has 8 heteroatoms. The van der Waals surface area contributed by atoms with E-state index in [0.717, 1.165) is 43.4 Å². The van der Waals surface area contributed by atoms with E-state index in [9.17, 15) is 15.0 Å². The van der Waals surface area contributed by atoms with Crippen molar-refractivity contribution in [2.75, 3.05) is 25.1 Å². The van der Waals surface area contributed by atoms with E-state index in [1.54, 1.807) is 24.3 Å². The number of halogens is 1. The SMILES string of the molecule is O=C(O)c1cc(NC2CCOCC2)cc(Oc2ccc3c(c2)C[C@@H](NC[C@H](O)c2ccc(Cl)cc2)CC3)c1. The molecule has 0 saturated carbocycles. The molecule has 1 fully saturated rings. The Morgan fingerprint density at radius 2 is 1.76 bits per heavy atom. The number of carboxylic acids is 1. The number of fused-ring (bicyclic) bond motifs is 1. The zero-order chi connectivity index (χ0) is 26.5. The fourth-order valence-corrected chi connectivity index (χ4v) is 5.26. The van der Waals surface area contributed by atoms with Gasteiger partial charge in [-0.25, -0.2) is 4.79 Å². The summed E-state index contributed by atoms with van der Waals surface area (Å²) < 4.78 is 11.6. The van der Waals surface area contributed by atoms with E-state index < -0.39 is 12.1 Å². The molecule has 38 heavy (non-hydrogen) atoms. The summed E-state index contributed by atoms with van der Waals surface area (Å²) in [5.41, 5.74) is 4.23. The van der Waals surface area contributed by atoms with Crippen LogP contribution in [0.5, 0.6) is 11.5 Å². The van der Waals surface area contributed by atoms with E-state index in [0.29, 0.717) is 36.3 Å². The van der Waals surface area contributed by atoms with Crippen molar-refractivity contribution in [3.05, 3.63) is 87.9 Å². The predicted molar refractivity (Wildman–Crippen MR) is 148 cm³/mol. The lowest BCUT2D eigenvalue weighted by molar-refractivity contribution is 0.0696. The number of carbonyl (C=O) groups is 1. The molecule has 1 aliphatic carbocycles. The molecule has 1 heterocycles. The first-order valence-electron chi connectivity index (χ1n) is 13.1. The van der Waals surface area contributed by atoms with E-state index in [-0.39, 0.29) is 17.6 Å². The molecule has 0 radical (unpaired) electrons.